The molecule has 1 aliphatic carbocycles. The first-order valence-electron chi connectivity index (χ1n) is 9.52. The van der Waals surface area contributed by atoms with Gasteiger partial charge in [-0.05, 0) is 62.4 Å². The molecule has 0 unspecified atom stereocenters. The summed E-state index contributed by atoms with van der Waals surface area (Å²) in [6, 6.07) is 7.81. The highest BCUT2D eigenvalue weighted by molar-refractivity contribution is 5.80. The summed E-state index contributed by atoms with van der Waals surface area (Å²) in [6.45, 7) is 3.15. The number of rotatable bonds is 2. The minimum absolute atomic E-state index is 0.179. The van der Waals surface area contributed by atoms with E-state index in [9.17, 15) is 9.18 Å². The summed E-state index contributed by atoms with van der Waals surface area (Å²) in [5, 5.41) is 0. The second-order valence-corrected chi connectivity index (χ2v) is 8.13. The maximum absolute atomic E-state index is 13.3. The Bertz CT molecular complexity index is 634. The van der Waals surface area contributed by atoms with E-state index in [1.165, 1.54) is 24.8 Å². The van der Waals surface area contributed by atoms with Gasteiger partial charge in [-0.3, -0.25) is 9.69 Å². The lowest BCUT2D eigenvalue weighted by Gasteiger charge is -2.51. The van der Waals surface area contributed by atoms with Crippen molar-refractivity contribution < 1.29 is 9.18 Å². The molecule has 4 heterocycles. The Morgan fingerprint density at radius 1 is 1.00 bits per heavy atom. The van der Waals surface area contributed by atoms with E-state index in [0.717, 1.165) is 32.5 Å². The summed E-state index contributed by atoms with van der Waals surface area (Å²) in [7, 11) is 0. The molecule has 5 fully saturated rings. The number of benzene rings is 1. The molecule has 4 aliphatic heterocycles. The molecule has 0 N–H and O–H groups in total. The Labute approximate surface area is 142 Å². The Balaban J connectivity index is 1.49. The van der Waals surface area contributed by atoms with Crippen LogP contribution in [0, 0.1) is 17.7 Å². The van der Waals surface area contributed by atoms with Crippen molar-refractivity contribution in [3.63, 3.8) is 0 Å². The van der Waals surface area contributed by atoms with Gasteiger partial charge >= 0.3 is 0 Å². The number of carbonyl (C=O) groups is 1. The fourth-order valence-electron chi connectivity index (χ4n) is 5.57. The topological polar surface area (TPSA) is 23.6 Å². The van der Waals surface area contributed by atoms with Crippen LogP contribution in [0.4, 0.5) is 4.39 Å². The number of carbonyl (C=O) groups excluding carboxylic acids is 1. The highest BCUT2D eigenvalue weighted by Crippen LogP contribution is 2.47. The summed E-state index contributed by atoms with van der Waals surface area (Å²) < 4.78 is 13.3. The van der Waals surface area contributed by atoms with E-state index in [0.29, 0.717) is 29.8 Å². The van der Waals surface area contributed by atoms with Crippen molar-refractivity contribution in [1.82, 2.24) is 9.80 Å². The van der Waals surface area contributed by atoms with E-state index in [4.69, 9.17) is 0 Å². The van der Waals surface area contributed by atoms with Crippen LogP contribution in [0.15, 0.2) is 24.3 Å². The molecule has 0 aromatic heterocycles. The third-order valence-electron chi connectivity index (χ3n) is 7.03. The summed E-state index contributed by atoms with van der Waals surface area (Å²) in [6.07, 6.45) is 5.80. The van der Waals surface area contributed by atoms with Gasteiger partial charge in [0.25, 0.3) is 0 Å². The van der Waals surface area contributed by atoms with Crippen molar-refractivity contribution >= 4 is 5.91 Å². The third kappa shape index (κ3) is 2.15. The van der Waals surface area contributed by atoms with Gasteiger partial charge in [0, 0.05) is 24.4 Å². The van der Waals surface area contributed by atoms with Crippen LogP contribution >= 0.6 is 0 Å². The summed E-state index contributed by atoms with van der Waals surface area (Å²) in [5.41, 5.74) is 1.20. The van der Waals surface area contributed by atoms with Crippen molar-refractivity contribution in [3.8, 4) is 0 Å². The predicted molar refractivity (Wildman–Crippen MR) is 90.1 cm³/mol. The summed E-state index contributed by atoms with van der Waals surface area (Å²) in [4.78, 5) is 17.9. The Morgan fingerprint density at radius 2 is 1.71 bits per heavy atom. The zero-order chi connectivity index (χ0) is 16.3. The normalized spacial score (nSPS) is 38.0. The standard InChI is InChI=1S/C20H25FN2O/c21-16-6-4-13(5-7-16)17-12-23(20(24)15-2-1-3-15)18-14-8-10-22(11-9-14)19(17)18/h4-7,14-15,17-19H,1-3,8-12H2/t17-,18+,19+/m0/s1. The van der Waals surface area contributed by atoms with Crippen molar-refractivity contribution in [2.75, 3.05) is 19.6 Å². The molecule has 2 bridgehead atoms. The van der Waals surface area contributed by atoms with Crippen molar-refractivity contribution in [2.45, 2.75) is 50.1 Å². The molecule has 6 rings (SSSR count). The number of hydrogen-bond acceptors (Lipinski definition) is 2. The highest BCUT2D eigenvalue weighted by atomic mass is 19.1. The number of nitrogens with zero attached hydrogens (tertiary/aromatic N) is 2. The third-order valence-corrected chi connectivity index (χ3v) is 7.03. The van der Waals surface area contributed by atoms with Crippen LogP contribution in [0.2, 0.25) is 0 Å². The average Bonchev–Trinajstić information content (AvgIpc) is 2.98. The Morgan fingerprint density at radius 3 is 2.33 bits per heavy atom. The monoisotopic (exact) mass is 328 g/mol. The molecule has 1 aromatic carbocycles. The zero-order valence-corrected chi connectivity index (χ0v) is 14.0. The summed E-state index contributed by atoms with van der Waals surface area (Å²) in [5.74, 6) is 1.49. The average molecular weight is 328 g/mol. The Kier molecular flexibility index (Phi) is 3.44. The molecule has 4 heteroatoms. The van der Waals surface area contributed by atoms with Crippen LogP contribution in [0.1, 0.15) is 43.6 Å². The first-order chi connectivity index (χ1) is 11.7. The van der Waals surface area contributed by atoms with Crippen LogP contribution in [0.3, 0.4) is 0 Å². The fraction of sp³-hybridized carbons (Fsp3) is 0.650. The lowest BCUT2D eigenvalue weighted by Crippen LogP contribution is -2.61. The lowest BCUT2D eigenvalue weighted by atomic mass is 9.75. The van der Waals surface area contributed by atoms with E-state index >= 15 is 0 Å². The van der Waals surface area contributed by atoms with Gasteiger partial charge in [0.15, 0.2) is 0 Å². The number of halogens is 1. The second kappa shape index (κ2) is 5.55. The first kappa shape index (κ1) is 14.9. The van der Waals surface area contributed by atoms with Crippen molar-refractivity contribution in [2.24, 2.45) is 11.8 Å². The maximum Gasteiger partial charge on any atom is 0.226 e. The van der Waals surface area contributed by atoms with Gasteiger partial charge in [-0.2, -0.15) is 0 Å². The number of amides is 1. The predicted octanol–water partition coefficient (Wildman–Crippen LogP) is 3.01. The van der Waals surface area contributed by atoms with Crippen LogP contribution in [-0.4, -0.2) is 47.4 Å². The van der Waals surface area contributed by atoms with Gasteiger partial charge in [-0.1, -0.05) is 18.6 Å². The molecule has 24 heavy (non-hydrogen) atoms. The van der Waals surface area contributed by atoms with E-state index < -0.39 is 0 Å². The lowest BCUT2D eigenvalue weighted by molar-refractivity contribution is -0.143. The molecular formula is C20H25FN2O. The van der Waals surface area contributed by atoms with Gasteiger partial charge in [0.05, 0.1) is 6.04 Å². The maximum atomic E-state index is 13.3. The first-order valence-corrected chi connectivity index (χ1v) is 9.52. The second-order valence-electron chi connectivity index (χ2n) is 8.13. The van der Waals surface area contributed by atoms with Crippen LogP contribution in [0.25, 0.3) is 0 Å². The number of hydrogen-bond donors (Lipinski definition) is 0. The van der Waals surface area contributed by atoms with Gasteiger partial charge in [-0.25, -0.2) is 4.39 Å². The van der Waals surface area contributed by atoms with Crippen LogP contribution < -0.4 is 0 Å². The highest BCUT2D eigenvalue weighted by Gasteiger charge is 2.55. The fourth-order valence-corrected chi connectivity index (χ4v) is 5.57. The molecular weight excluding hydrogens is 303 g/mol. The molecule has 128 valence electrons. The zero-order valence-electron chi connectivity index (χ0n) is 14.0. The van der Waals surface area contributed by atoms with Crippen molar-refractivity contribution in [3.05, 3.63) is 35.6 Å². The molecule has 4 saturated heterocycles. The van der Waals surface area contributed by atoms with Gasteiger partial charge < -0.3 is 4.90 Å². The minimum atomic E-state index is -0.179. The molecule has 0 spiro atoms. The molecule has 3 nitrogen and oxygen atoms in total. The van der Waals surface area contributed by atoms with Crippen LogP contribution in [0.5, 0.6) is 0 Å². The van der Waals surface area contributed by atoms with E-state index in [1.54, 1.807) is 12.1 Å². The molecule has 0 radical (unpaired) electrons. The van der Waals surface area contributed by atoms with E-state index in [-0.39, 0.29) is 11.7 Å². The molecule has 1 amide bonds. The molecule has 3 atom stereocenters. The van der Waals surface area contributed by atoms with Gasteiger partial charge in [-0.15, -0.1) is 0 Å². The molecule has 1 aromatic rings. The summed E-state index contributed by atoms with van der Waals surface area (Å²) >= 11 is 0. The quantitative estimate of drug-likeness (QED) is 0.833. The van der Waals surface area contributed by atoms with Crippen molar-refractivity contribution in [1.29, 1.82) is 0 Å². The minimum Gasteiger partial charge on any atom is -0.337 e. The largest absolute Gasteiger partial charge is 0.337 e. The Hall–Kier alpha value is -1.42. The SMILES string of the molecule is O=C(C1CCC1)N1C[C@@H](c2ccc(F)cc2)[C@@H]2[C@H]1C1CCN2CC1. The van der Waals surface area contributed by atoms with E-state index in [1.807, 2.05) is 12.1 Å². The van der Waals surface area contributed by atoms with Gasteiger partial charge in [0.2, 0.25) is 5.91 Å². The number of piperidine rings is 3. The number of likely N-dealkylation sites (tertiary alicyclic amines) is 1. The van der Waals surface area contributed by atoms with Gasteiger partial charge in [0.1, 0.15) is 5.82 Å². The molecule has 1 saturated carbocycles. The van der Waals surface area contributed by atoms with Crippen LogP contribution in [-0.2, 0) is 4.79 Å². The molecule has 5 aliphatic rings. The smallest absolute Gasteiger partial charge is 0.226 e. The number of fused-ring (bicyclic) bond motifs is 2. The van der Waals surface area contributed by atoms with E-state index in [2.05, 4.69) is 9.80 Å².